The first-order valence-electron chi connectivity index (χ1n) is 5.94. The minimum Gasteiger partial charge on any atom is -0.316 e. The number of aromatic nitrogens is 1. The highest BCUT2D eigenvalue weighted by molar-refractivity contribution is 5.27. The number of nitrogens with two attached hydrogens (primary N) is 1. The van der Waals surface area contributed by atoms with Gasteiger partial charge in [-0.1, -0.05) is 26.8 Å². The third kappa shape index (κ3) is 2.42. The van der Waals surface area contributed by atoms with Gasteiger partial charge in [0, 0.05) is 18.4 Å². The van der Waals surface area contributed by atoms with Gasteiger partial charge < -0.3 is 5.73 Å². The lowest BCUT2D eigenvalue weighted by molar-refractivity contribution is 0.558. The van der Waals surface area contributed by atoms with Crippen LogP contribution in [-0.2, 0) is 5.41 Å². The predicted molar refractivity (Wildman–Crippen MR) is 66.0 cm³/mol. The lowest BCUT2D eigenvalue weighted by Gasteiger charge is -2.20. The van der Waals surface area contributed by atoms with Crippen molar-refractivity contribution >= 4 is 0 Å². The van der Waals surface area contributed by atoms with E-state index in [9.17, 15) is 0 Å². The Morgan fingerprint density at radius 2 is 2.06 bits per heavy atom. The number of hydrogen-bond acceptors (Lipinski definition) is 3. The van der Waals surface area contributed by atoms with E-state index in [1.807, 2.05) is 12.4 Å². The molecule has 1 aliphatic rings. The second-order valence-corrected chi connectivity index (χ2v) is 5.66. The van der Waals surface area contributed by atoms with E-state index in [4.69, 9.17) is 5.73 Å². The maximum atomic E-state index is 5.85. The molecule has 2 unspecified atom stereocenters. The zero-order valence-electron chi connectivity index (χ0n) is 10.3. The zero-order valence-corrected chi connectivity index (χ0v) is 10.3. The molecule has 1 aromatic heterocycles. The van der Waals surface area contributed by atoms with Crippen LogP contribution in [0.2, 0.25) is 0 Å². The average molecular weight is 219 g/mol. The molecule has 1 aliphatic heterocycles. The number of rotatable bonds is 1. The van der Waals surface area contributed by atoms with Crippen molar-refractivity contribution in [2.24, 2.45) is 5.73 Å². The van der Waals surface area contributed by atoms with Crippen molar-refractivity contribution < 1.29 is 0 Å². The highest BCUT2D eigenvalue weighted by Gasteiger charge is 2.23. The van der Waals surface area contributed by atoms with Crippen molar-refractivity contribution in [3.63, 3.8) is 0 Å². The van der Waals surface area contributed by atoms with Crippen LogP contribution in [0.25, 0.3) is 0 Å². The molecular weight excluding hydrogens is 198 g/mol. The molecule has 0 amide bonds. The van der Waals surface area contributed by atoms with E-state index in [2.05, 4.69) is 37.1 Å². The molecule has 1 fully saturated rings. The first-order valence-corrected chi connectivity index (χ1v) is 5.94. The molecular formula is C13H21N3. The zero-order chi connectivity index (χ0) is 11.8. The summed E-state index contributed by atoms with van der Waals surface area (Å²) in [7, 11) is 0. The molecule has 0 bridgehead atoms. The fourth-order valence-corrected chi connectivity index (χ4v) is 2.09. The van der Waals surface area contributed by atoms with Gasteiger partial charge in [-0.15, -0.1) is 0 Å². The third-order valence-corrected chi connectivity index (χ3v) is 3.21. The fourth-order valence-electron chi connectivity index (χ4n) is 2.09. The molecule has 0 aromatic carbocycles. The number of hydrogen-bond donors (Lipinski definition) is 2. The van der Waals surface area contributed by atoms with Gasteiger partial charge in [0.25, 0.3) is 0 Å². The van der Waals surface area contributed by atoms with E-state index in [0.29, 0.717) is 6.04 Å². The smallest absolute Gasteiger partial charge is 0.0551 e. The van der Waals surface area contributed by atoms with E-state index in [1.165, 1.54) is 11.1 Å². The Hall–Kier alpha value is -0.930. The van der Waals surface area contributed by atoms with E-state index in [0.717, 1.165) is 12.8 Å². The minimum absolute atomic E-state index is 0.142. The minimum atomic E-state index is 0.142. The van der Waals surface area contributed by atoms with Gasteiger partial charge in [0.05, 0.1) is 6.17 Å². The quantitative estimate of drug-likeness (QED) is 0.760. The largest absolute Gasteiger partial charge is 0.316 e. The summed E-state index contributed by atoms with van der Waals surface area (Å²) in [5.41, 5.74) is 8.56. The van der Waals surface area contributed by atoms with Gasteiger partial charge in [0.1, 0.15) is 0 Å². The van der Waals surface area contributed by atoms with Crippen LogP contribution in [-0.4, -0.2) is 11.1 Å². The summed E-state index contributed by atoms with van der Waals surface area (Å²) < 4.78 is 0. The molecule has 3 N–H and O–H groups in total. The number of nitrogens with one attached hydrogen (secondary N) is 1. The Labute approximate surface area is 97.5 Å². The van der Waals surface area contributed by atoms with Gasteiger partial charge in [-0.05, 0) is 29.4 Å². The van der Waals surface area contributed by atoms with Gasteiger partial charge in [0.2, 0.25) is 0 Å². The summed E-state index contributed by atoms with van der Waals surface area (Å²) in [6.07, 6.45) is 6.20. The van der Waals surface area contributed by atoms with Crippen molar-refractivity contribution in [3.8, 4) is 0 Å². The van der Waals surface area contributed by atoms with Gasteiger partial charge >= 0.3 is 0 Å². The molecule has 88 valence electrons. The normalized spacial score (nSPS) is 26.0. The van der Waals surface area contributed by atoms with Crippen molar-refractivity contribution in [1.29, 1.82) is 0 Å². The van der Waals surface area contributed by atoms with Crippen LogP contribution in [0, 0.1) is 0 Å². The molecule has 3 nitrogen and oxygen atoms in total. The van der Waals surface area contributed by atoms with Crippen molar-refractivity contribution in [2.45, 2.75) is 51.2 Å². The topological polar surface area (TPSA) is 50.9 Å². The van der Waals surface area contributed by atoms with E-state index in [1.54, 1.807) is 0 Å². The van der Waals surface area contributed by atoms with Crippen molar-refractivity contribution in [2.75, 3.05) is 0 Å². The Kier molecular flexibility index (Phi) is 3.00. The summed E-state index contributed by atoms with van der Waals surface area (Å²) in [5.74, 6) is 0. The Bertz CT molecular complexity index is 368. The summed E-state index contributed by atoms with van der Waals surface area (Å²) in [6, 6.07) is 2.63. The summed E-state index contributed by atoms with van der Waals surface area (Å²) in [5, 5.41) is 3.39. The molecule has 0 spiro atoms. The van der Waals surface area contributed by atoms with Crippen LogP contribution in [0.15, 0.2) is 18.5 Å². The predicted octanol–water partition coefficient (Wildman–Crippen LogP) is 2.09. The summed E-state index contributed by atoms with van der Waals surface area (Å²) in [6.45, 7) is 6.63. The van der Waals surface area contributed by atoms with E-state index >= 15 is 0 Å². The molecule has 1 aromatic rings. The van der Waals surface area contributed by atoms with Crippen molar-refractivity contribution in [1.82, 2.24) is 10.3 Å². The van der Waals surface area contributed by atoms with E-state index < -0.39 is 0 Å². The SMILES string of the molecule is CC(C)(C)c1cncc(C2CCC(N)N2)c1. The maximum absolute atomic E-state index is 5.85. The van der Waals surface area contributed by atoms with Crippen LogP contribution in [0.1, 0.15) is 50.8 Å². The monoisotopic (exact) mass is 219 g/mol. The lowest BCUT2D eigenvalue weighted by Crippen LogP contribution is -2.32. The standard InChI is InChI=1S/C13H21N3/c1-13(2,3)10-6-9(7-15-8-10)11-4-5-12(14)16-11/h6-8,11-12,16H,4-5,14H2,1-3H3. The van der Waals surface area contributed by atoms with Gasteiger partial charge in [0.15, 0.2) is 0 Å². The average Bonchev–Trinajstić information content (AvgIpc) is 2.64. The number of pyridine rings is 1. The van der Waals surface area contributed by atoms with Crippen LogP contribution in [0.3, 0.4) is 0 Å². The van der Waals surface area contributed by atoms with Gasteiger partial charge in [-0.2, -0.15) is 0 Å². The highest BCUT2D eigenvalue weighted by Crippen LogP contribution is 2.28. The Morgan fingerprint density at radius 1 is 1.31 bits per heavy atom. The first kappa shape index (κ1) is 11.6. The molecule has 0 saturated carbocycles. The third-order valence-electron chi connectivity index (χ3n) is 3.21. The van der Waals surface area contributed by atoms with Crippen LogP contribution in [0.5, 0.6) is 0 Å². The molecule has 0 radical (unpaired) electrons. The number of nitrogens with zero attached hydrogens (tertiary/aromatic N) is 1. The molecule has 1 saturated heterocycles. The summed E-state index contributed by atoms with van der Waals surface area (Å²) in [4.78, 5) is 4.34. The van der Waals surface area contributed by atoms with Crippen LogP contribution < -0.4 is 11.1 Å². The molecule has 0 aliphatic carbocycles. The molecule has 2 rings (SSSR count). The Balaban J connectivity index is 2.23. The summed E-state index contributed by atoms with van der Waals surface area (Å²) >= 11 is 0. The van der Waals surface area contributed by atoms with Crippen LogP contribution in [0.4, 0.5) is 0 Å². The maximum Gasteiger partial charge on any atom is 0.0551 e. The highest BCUT2D eigenvalue weighted by atomic mass is 15.1. The van der Waals surface area contributed by atoms with Crippen molar-refractivity contribution in [3.05, 3.63) is 29.6 Å². The molecule has 2 atom stereocenters. The molecule has 2 heterocycles. The first-order chi connectivity index (χ1) is 7.47. The Morgan fingerprint density at radius 3 is 2.62 bits per heavy atom. The fraction of sp³-hybridized carbons (Fsp3) is 0.615. The van der Waals surface area contributed by atoms with E-state index in [-0.39, 0.29) is 11.6 Å². The van der Waals surface area contributed by atoms with Gasteiger partial charge in [-0.3, -0.25) is 10.3 Å². The lowest BCUT2D eigenvalue weighted by atomic mass is 9.87. The van der Waals surface area contributed by atoms with Crippen LogP contribution >= 0.6 is 0 Å². The second-order valence-electron chi connectivity index (χ2n) is 5.66. The van der Waals surface area contributed by atoms with Gasteiger partial charge in [-0.25, -0.2) is 0 Å². The molecule has 16 heavy (non-hydrogen) atoms. The second kappa shape index (κ2) is 4.15. The molecule has 3 heteroatoms.